The summed E-state index contributed by atoms with van der Waals surface area (Å²) in [5.74, 6) is -1.81. The summed E-state index contributed by atoms with van der Waals surface area (Å²) < 4.78 is 38.2. The summed E-state index contributed by atoms with van der Waals surface area (Å²) in [5, 5.41) is 11.6. The summed E-state index contributed by atoms with van der Waals surface area (Å²) in [6.45, 7) is 1.42. The van der Waals surface area contributed by atoms with Crippen LogP contribution in [0.4, 0.5) is 18.9 Å². The highest BCUT2D eigenvalue weighted by Gasteiger charge is 2.30. The Morgan fingerprint density at radius 3 is 2.46 bits per heavy atom. The fraction of sp³-hybridized carbons (Fsp3) is 0.111. The van der Waals surface area contributed by atoms with Crippen LogP contribution in [-0.4, -0.2) is 17.0 Å². The molecule has 0 unspecified atom stereocenters. The SMILES string of the molecule is CC(=Cc1cccc(C(F)(F)F)c1)C(=O)Nc1cc(C(=O)O)ccc1Cl. The molecule has 0 fully saturated rings. The van der Waals surface area contributed by atoms with Crippen molar-refractivity contribution in [3.05, 3.63) is 69.8 Å². The molecule has 4 nitrogen and oxygen atoms in total. The molecule has 0 saturated carbocycles. The average molecular weight is 384 g/mol. The third-order valence-electron chi connectivity index (χ3n) is 3.42. The van der Waals surface area contributed by atoms with E-state index in [0.29, 0.717) is 0 Å². The predicted octanol–water partition coefficient (Wildman–Crippen LogP) is 5.10. The second-order valence-electron chi connectivity index (χ2n) is 5.40. The first-order chi connectivity index (χ1) is 12.1. The molecule has 0 bridgehead atoms. The second-order valence-corrected chi connectivity index (χ2v) is 5.81. The molecule has 2 aromatic carbocycles. The number of nitrogens with one attached hydrogen (secondary N) is 1. The van der Waals surface area contributed by atoms with Gasteiger partial charge in [-0.25, -0.2) is 4.79 Å². The van der Waals surface area contributed by atoms with E-state index in [1.54, 1.807) is 0 Å². The number of carboxylic acids is 1. The van der Waals surface area contributed by atoms with E-state index in [0.717, 1.165) is 12.1 Å². The summed E-state index contributed by atoms with van der Waals surface area (Å²) in [7, 11) is 0. The number of carboxylic acid groups (broad SMARTS) is 1. The molecule has 0 aliphatic rings. The van der Waals surface area contributed by atoms with E-state index in [9.17, 15) is 22.8 Å². The number of halogens is 4. The smallest absolute Gasteiger partial charge is 0.416 e. The molecule has 136 valence electrons. The van der Waals surface area contributed by atoms with Crippen LogP contribution in [0.1, 0.15) is 28.4 Å². The molecule has 1 amide bonds. The Morgan fingerprint density at radius 2 is 1.85 bits per heavy atom. The van der Waals surface area contributed by atoms with Gasteiger partial charge in [-0.2, -0.15) is 13.2 Å². The van der Waals surface area contributed by atoms with Crippen LogP contribution in [0.2, 0.25) is 5.02 Å². The van der Waals surface area contributed by atoms with Crippen molar-refractivity contribution in [1.29, 1.82) is 0 Å². The van der Waals surface area contributed by atoms with E-state index in [1.807, 2.05) is 0 Å². The number of rotatable bonds is 4. The van der Waals surface area contributed by atoms with Crippen molar-refractivity contribution in [2.45, 2.75) is 13.1 Å². The molecule has 26 heavy (non-hydrogen) atoms. The molecule has 0 aliphatic heterocycles. The molecule has 0 aromatic heterocycles. The Balaban J connectivity index is 2.24. The molecular formula is C18H13ClF3NO3. The monoisotopic (exact) mass is 383 g/mol. The minimum absolute atomic E-state index is 0.0655. The highest BCUT2D eigenvalue weighted by Crippen LogP contribution is 2.30. The van der Waals surface area contributed by atoms with E-state index in [1.165, 1.54) is 43.3 Å². The Morgan fingerprint density at radius 1 is 1.15 bits per heavy atom. The van der Waals surface area contributed by atoms with Crippen LogP contribution in [0.5, 0.6) is 0 Å². The van der Waals surface area contributed by atoms with Gasteiger partial charge in [0.15, 0.2) is 0 Å². The zero-order chi connectivity index (χ0) is 19.5. The minimum atomic E-state index is -4.48. The van der Waals surface area contributed by atoms with Gasteiger partial charge in [-0.15, -0.1) is 0 Å². The molecule has 2 N–H and O–H groups in total. The predicted molar refractivity (Wildman–Crippen MR) is 92.1 cm³/mol. The molecule has 0 radical (unpaired) electrons. The quantitative estimate of drug-likeness (QED) is 0.722. The van der Waals surface area contributed by atoms with Crippen molar-refractivity contribution in [3.63, 3.8) is 0 Å². The van der Waals surface area contributed by atoms with Gasteiger partial charge in [0.2, 0.25) is 0 Å². The van der Waals surface area contributed by atoms with Gasteiger partial charge in [0.05, 0.1) is 21.8 Å². The Bertz CT molecular complexity index is 891. The van der Waals surface area contributed by atoms with Gasteiger partial charge in [0.1, 0.15) is 0 Å². The molecule has 0 heterocycles. The first kappa shape index (κ1) is 19.5. The van der Waals surface area contributed by atoms with E-state index >= 15 is 0 Å². The molecule has 0 spiro atoms. The van der Waals surface area contributed by atoms with Crippen molar-refractivity contribution in [3.8, 4) is 0 Å². The van der Waals surface area contributed by atoms with Crippen molar-refractivity contribution < 1.29 is 27.9 Å². The average Bonchev–Trinajstić information content (AvgIpc) is 2.56. The van der Waals surface area contributed by atoms with E-state index in [4.69, 9.17) is 16.7 Å². The lowest BCUT2D eigenvalue weighted by Gasteiger charge is -2.09. The lowest BCUT2D eigenvalue weighted by molar-refractivity contribution is -0.137. The van der Waals surface area contributed by atoms with Crippen molar-refractivity contribution in [2.24, 2.45) is 0 Å². The van der Waals surface area contributed by atoms with Crippen LogP contribution in [-0.2, 0) is 11.0 Å². The number of carbonyl (C=O) groups excluding carboxylic acids is 1. The number of aromatic carboxylic acids is 1. The second kappa shape index (κ2) is 7.61. The van der Waals surface area contributed by atoms with E-state index in [2.05, 4.69) is 5.32 Å². The van der Waals surface area contributed by atoms with Crippen LogP contribution in [0.25, 0.3) is 6.08 Å². The summed E-state index contributed by atoms with van der Waals surface area (Å²) >= 11 is 5.93. The number of amides is 1. The largest absolute Gasteiger partial charge is 0.478 e. The first-order valence-electron chi connectivity index (χ1n) is 7.27. The maximum Gasteiger partial charge on any atom is 0.416 e. The van der Waals surface area contributed by atoms with Gasteiger partial charge >= 0.3 is 12.1 Å². The number of alkyl halides is 3. The first-order valence-corrected chi connectivity index (χ1v) is 7.65. The number of benzene rings is 2. The lowest BCUT2D eigenvalue weighted by atomic mass is 10.1. The number of carbonyl (C=O) groups is 2. The van der Waals surface area contributed by atoms with Crippen LogP contribution < -0.4 is 5.32 Å². The van der Waals surface area contributed by atoms with Crippen molar-refractivity contribution in [1.82, 2.24) is 0 Å². The van der Waals surface area contributed by atoms with Crippen LogP contribution in [0.3, 0.4) is 0 Å². The van der Waals surface area contributed by atoms with E-state index in [-0.39, 0.29) is 27.4 Å². The molecule has 8 heteroatoms. The van der Waals surface area contributed by atoms with Gasteiger partial charge in [0, 0.05) is 5.57 Å². The number of hydrogen-bond acceptors (Lipinski definition) is 2. The zero-order valence-electron chi connectivity index (χ0n) is 13.4. The minimum Gasteiger partial charge on any atom is -0.478 e. The summed E-state index contributed by atoms with van der Waals surface area (Å²) in [4.78, 5) is 23.2. The highest BCUT2D eigenvalue weighted by atomic mass is 35.5. The molecule has 0 aliphatic carbocycles. The maximum absolute atomic E-state index is 12.7. The maximum atomic E-state index is 12.7. The summed E-state index contributed by atoms with van der Waals surface area (Å²) in [6.07, 6.45) is -3.19. The normalized spacial score (nSPS) is 12.0. The van der Waals surface area contributed by atoms with Crippen LogP contribution in [0, 0.1) is 0 Å². The summed E-state index contributed by atoms with van der Waals surface area (Å²) in [6, 6.07) is 8.34. The molecule has 0 saturated heterocycles. The van der Waals surface area contributed by atoms with Crippen molar-refractivity contribution >= 4 is 35.2 Å². The number of anilines is 1. The van der Waals surface area contributed by atoms with Gasteiger partial charge in [0.25, 0.3) is 5.91 Å². The van der Waals surface area contributed by atoms with Crippen LogP contribution >= 0.6 is 11.6 Å². The van der Waals surface area contributed by atoms with E-state index < -0.39 is 23.6 Å². The fourth-order valence-electron chi connectivity index (χ4n) is 2.10. The topological polar surface area (TPSA) is 66.4 Å². The lowest BCUT2D eigenvalue weighted by Crippen LogP contribution is -2.13. The van der Waals surface area contributed by atoms with Crippen LogP contribution in [0.15, 0.2) is 48.0 Å². The summed E-state index contributed by atoms with van der Waals surface area (Å²) in [5.41, 5.74) is -0.465. The highest BCUT2D eigenvalue weighted by molar-refractivity contribution is 6.34. The fourth-order valence-corrected chi connectivity index (χ4v) is 2.26. The van der Waals surface area contributed by atoms with Gasteiger partial charge in [-0.05, 0) is 48.9 Å². The van der Waals surface area contributed by atoms with Gasteiger partial charge < -0.3 is 10.4 Å². The third-order valence-corrected chi connectivity index (χ3v) is 3.75. The Hall–Kier alpha value is -2.80. The Kier molecular flexibility index (Phi) is 5.72. The molecule has 0 atom stereocenters. The number of hydrogen-bond donors (Lipinski definition) is 2. The third kappa shape index (κ3) is 4.86. The molecular weight excluding hydrogens is 371 g/mol. The zero-order valence-corrected chi connectivity index (χ0v) is 14.2. The standard InChI is InChI=1S/C18H13ClF3NO3/c1-10(7-11-3-2-4-13(8-11)18(20,21)22)16(24)23-15-9-12(17(25)26)5-6-14(15)19/h2-9H,1H3,(H,23,24)(H,25,26). The van der Waals surface area contributed by atoms with Gasteiger partial charge in [-0.1, -0.05) is 23.7 Å². The Labute approximate surface area is 151 Å². The van der Waals surface area contributed by atoms with Crippen molar-refractivity contribution in [2.75, 3.05) is 5.32 Å². The van der Waals surface area contributed by atoms with Gasteiger partial charge in [-0.3, -0.25) is 4.79 Å². The molecule has 2 aromatic rings. The molecule has 2 rings (SSSR count).